The van der Waals surface area contributed by atoms with Gasteiger partial charge in [-0.3, -0.25) is 0 Å². The first-order valence-electron chi connectivity index (χ1n) is 8.31. The van der Waals surface area contributed by atoms with Crippen LogP contribution in [-0.4, -0.2) is 33.5 Å². The molecule has 2 aliphatic rings. The lowest BCUT2D eigenvalue weighted by Gasteiger charge is -2.38. The average molecular weight is 394 g/mol. The zero-order valence-corrected chi connectivity index (χ0v) is 15.1. The van der Waals surface area contributed by atoms with E-state index in [0.717, 1.165) is 11.3 Å². The van der Waals surface area contributed by atoms with E-state index >= 15 is 0 Å². The van der Waals surface area contributed by atoms with Gasteiger partial charge in [-0.2, -0.15) is 0 Å². The Kier molecular flexibility index (Phi) is 4.35. The maximum atomic E-state index is 11.3. The molecule has 5 atom stereocenters. The van der Waals surface area contributed by atoms with Crippen LogP contribution in [0.2, 0.25) is 10.0 Å². The molecular weight excluding hydrogens is 377 g/mol. The van der Waals surface area contributed by atoms with Gasteiger partial charge in [-0.05, 0) is 53.8 Å². The molecule has 2 aromatic rings. The quantitative estimate of drug-likeness (QED) is 0.624. The lowest BCUT2D eigenvalue weighted by molar-refractivity contribution is 0.0348. The summed E-state index contributed by atoms with van der Waals surface area (Å²) in [5, 5.41) is 34.6. The third-order valence-corrected chi connectivity index (χ3v) is 5.99. The highest BCUT2D eigenvalue weighted by Crippen LogP contribution is 2.53. The van der Waals surface area contributed by atoms with Gasteiger partial charge < -0.3 is 20.6 Å². The highest BCUT2D eigenvalue weighted by Gasteiger charge is 2.49. The molecule has 0 spiro atoms. The van der Waals surface area contributed by atoms with Crippen molar-refractivity contribution in [2.75, 3.05) is 5.32 Å². The average Bonchev–Trinajstić information content (AvgIpc) is 2.89. The van der Waals surface area contributed by atoms with Crippen molar-refractivity contribution < 1.29 is 20.1 Å². The van der Waals surface area contributed by atoms with Gasteiger partial charge in [0, 0.05) is 21.7 Å². The summed E-state index contributed by atoms with van der Waals surface area (Å²) in [6.45, 7) is 0. The number of hydrogen-bond donors (Lipinski definition) is 4. The number of halogens is 2. The Bertz CT molecular complexity index is 888. The van der Waals surface area contributed by atoms with Crippen LogP contribution in [0.4, 0.5) is 5.69 Å². The van der Waals surface area contributed by atoms with E-state index in [0.29, 0.717) is 22.0 Å². The van der Waals surface area contributed by atoms with Crippen molar-refractivity contribution in [3.05, 3.63) is 63.1 Å². The number of aromatic carboxylic acids is 1. The Morgan fingerprint density at radius 1 is 1.08 bits per heavy atom. The SMILES string of the molecule is O=C(O)c1ccc2c(c1)[C@@H]1C(O)C(O)C[C@@H]1[C@@H](c1ccc(Cl)cc1Cl)N2. The number of nitrogens with one attached hydrogen (secondary N) is 1. The first-order valence-corrected chi connectivity index (χ1v) is 9.07. The van der Waals surface area contributed by atoms with Gasteiger partial charge in [-0.15, -0.1) is 0 Å². The van der Waals surface area contributed by atoms with Crippen LogP contribution in [0.3, 0.4) is 0 Å². The Morgan fingerprint density at radius 3 is 2.54 bits per heavy atom. The zero-order chi connectivity index (χ0) is 18.6. The molecule has 5 nitrogen and oxygen atoms in total. The molecule has 1 heterocycles. The Balaban J connectivity index is 1.84. The van der Waals surface area contributed by atoms with E-state index in [-0.39, 0.29) is 23.4 Å². The van der Waals surface area contributed by atoms with Crippen LogP contribution in [-0.2, 0) is 0 Å². The molecule has 7 heteroatoms. The third-order valence-electron chi connectivity index (χ3n) is 5.43. The van der Waals surface area contributed by atoms with Crippen molar-refractivity contribution in [3.8, 4) is 0 Å². The molecular formula is C19H17Cl2NO4. The highest BCUT2D eigenvalue weighted by molar-refractivity contribution is 6.35. The predicted molar refractivity (Wildman–Crippen MR) is 99.1 cm³/mol. The molecule has 2 aromatic carbocycles. The number of aliphatic hydroxyl groups is 2. The summed E-state index contributed by atoms with van der Waals surface area (Å²) >= 11 is 12.4. The third kappa shape index (κ3) is 2.76. The Hall–Kier alpha value is -1.79. The van der Waals surface area contributed by atoms with Crippen molar-refractivity contribution in [1.29, 1.82) is 0 Å². The van der Waals surface area contributed by atoms with Gasteiger partial charge in [-0.25, -0.2) is 4.79 Å². The van der Waals surface area contributed by atoms with Crippen LogP contribution < -0.4 is 5.32 Å². The molecule has 1 fully saturated rings. The number of carbonyl (C=O) groups is 1. The van der Waals surface area contributed by atoms with Gasteiger partial charge in [0.15, 0.2) is 0 Å². The maximum absolute atomic E-state index is 11.3. The molecule has 4 rings (SSSR count). The van der Waals surface area contributed by atoms with E-state index in [9.17, 15) is 20.1 Å². The number of carboxylic acid groups (broad SMARTS) is 1. The Labute approximate surface area is 160 Å². The van der Waals surface area contributed by atoms with Crippen molar-refractivity contribution >= 4 is 34.9 Å². The van der Waals surface area contributed by atoms with Gasteiger partial charge in [-0.1, -0.05) is 29.3 Å². The van der Waals surface area contributed by atoms with Crippen molar-refractivity contribution in [2.24, 2.45) is 5.92 Å². The van der Waals surface area contributed by atoms with E-state index in [2.05, 4.69) is 5.32 Å². The summed E-state index contributed by atoms with van der Waals surface area (Å²) in [6.07, 6.45) is -1.45. The number of carboxylic acids is 1. The summed E-state index contributed by atoms with van der Waals surface area (Å²) in [4.78, 5) is 11.3. The second-order valence-electron chi connectivity index (χ2n) is 6.88. The van der Waals surface area contributed by atoms with Crippen LogP contribution in [0.15, 0.2) is 36.4 Å². The largest absolute Gasteiger partial charge is 0.478 e. The molecule has 0 radical (unpaired) electrons. The second kappa shape index (κ2) is 6.43. The number of benzene rings is 2. The van der Waals surface area contributed by atoms with E-state index in [1.807, 2.05) is 6.07 Å². The summed E-state index contributed by atoms with van der Waals surface area (Å²) in [5.41, 5.74) is 2.43. The normalized spacial score (nSPS) is 29.6. The smallest absolute Gasteiger partial charge is 0.335 e. The first-order chi connectivity index (χ1) is 12.4. The van der Waals surface area contributed by atoms with Gasteiger partial charge in [0.2, 0.25) is 0 Å². The van der Waals surface area contributed by atoms with Crippen molar-refractivity contribution in [1.82, 2.24) is 0 Å². The Morgan fingerprint density at radius 2 is 1.85 bits per heavy atom. The van der Waals surface area contributed by atoms with Gasteiger partial charge in [0.05, 0.1) is 23.8 Å². The lowest BCUT2D eigenvalue weighted by Crippen LogP contribution is -2.33. The molecule has 0 amide bonds. The zero-order valence-electron chi connectivity index (χ0n) is 13.6. The molecule has 4 N–H and O–H groups in total. The van der Waals surface area contributed by atoms with E-state index in [4.69, 9.17) is 23.2 Å². The van der Waals surface area contributed by atoms with Gasteiger partial charge in [0.25, 0.3) is 0 Å². The number of fused-ring (bicyclic) bond motifs is 3. The molecule has 2 unspecified atom stereocenters. The summed E-state index contributed by atoms with van der Waals surface area (Å²) in [7, 11) is 0. The molecule has 26 heavy (non-hydrogen) atoms. The van der Waals surface area contributed by atoms with Crippen LogP contribution in [0.25, 0.3) is 0 Å². The fourth-order valence-corrected chi connectivity index (χ4v) is 4.78. The minimum Gasteiger partial charge on any atom is -0.478 e. The van der Waals surface area contributed by atoms with Crippen LogP contribution in [0.5, 0.6) is 0 Å². The lowest BCUT2D eigenvalue weighted by atomic mass is 9.76. The highest BCUT2D eigenvalue weighted by atomic mass is 35.5. The van der Waals surface area contributed by atoms with Crippen LogP contribution >= 0.6 is 23.2 Å². The van der Waals surface area contributed by atoms with E-state index in [1.54, 1.807) is 24.3 Å². The summed E-state index contributed by atoms with van der Waals surface area (Å²) in [5.74, 6) is -1.53. The summed E-state index contributed by atoms with van der Waals surface area (Å²) in [6, 6.07) is 9.83. The summed E-state index contributed by atoms with van der Waals surface area (Å²) < 4.78 is 0. The van der Waals surface area contributed by atoms with Crippen LogP contribution in [0.1, 0.15) is 39.9 Å². The van der Waals surface area contributed by atoms with Gasteiger partial charge >= 0.3 is 5.97 Å². The topological polar surface area (TPSA) is 89.8 Å². The van der Waals surface area contributed by atoms with Crippen LogP contribution in [0, 0.1) is 5.92 Å². The van der Waals surface area contributed by atoms with Crippen molar-refractivity contribution in [2.45, 2.75) is 30.6 Å². The monoisotopic (exact) mass is 393 g/mol. The van der Waals surface area contributed by atoms with Crippen molar-refractivity contribution in [3.63, 3.8) is 0 Å². The molecule has 0 bridgehead atoms. The molecule has 1 aliphatic carbocycles. The van der Waals surface area contributed by atoms with Gasteiger partial charge in [0.1, 0.15) is 0 Å². The minimum atomic E-state index is -1.03. The number of anilines is 1. The molecule has 0 aromatic heterocycles. The predicted octanol–water partition coefficient (Wildman–Crippen LogP) is 3.68. The fraction of sp³-hybridized carbons (Fsp3) is 0.316. The molecule has 1 saturated carbocycles. The minimum absolute atomic E-state index is 0.129. The number of aliphatic hydroxyl groups excluding tert-OH is 2. The molecule has 1 aliphatic heterocycles. The van der Waals surface area contributed by atoms with E-state index in [1.165, 1.54) is 6.07 Å². The first kappa shape index (κ1) is 17.6. The second-order valence-corrected chi connectivity index (χ2v) is 7.72. The number of hydrogen-bond acceptors (Lipinski definition) is 4. The molecule has 0 saturated heterocycles. The molecule has 136 valence electrons. The fourth-order valence-electron chi connectivity index (χ4n) is 4.26. The number of rotatable bonds is 2. The standard InChI is InChI=1S/C19H17Cl2NO4/c20-9-2-3-10(13(21)6-9)17-12-7-15(23)18(24)16(12)11-5-8(19(25)26)1-4-14(11)22-17/h1-6,12,15-18,22-24H,7H2,(H,25,26)/t12-,15?,16-,17+,18?/m0/s1. The van der Waals surface area contributed by atoms with E-state index < -0.39 is 18.2 Å². The maximum Gasteiger partial charge on any atom is 0.335 e.